The molecule has 0 saturated carbocycles. The highest BCUT2D eigenvalue weighted by Crippen LogP contribution is 2.32. The first kappa shape index (κ1) is 7.97. The van der Waals surface area contributed by atoms with Crippen molar-refractivity contribution in [1.82, 2.24) is 5.43 Å². The molecule has 2 heterocycles. The molecule has 0 bridgehead atoms. The standard InChI is InChI=1S/C11H13N3/c1-2-9-10(14-13-6-1)4-3-8-5-7-12-11(8)9/h1-2,6,8,14H,3-5,7H2. The second-order valence-corrected chi connectivity index (χ2v) is 3.93. The molecule has 0 aromatic heterocycles. The Hall–Kier alpha value is -1.38. The Morgan fingerprint density at radius 3 is 3.36 bits per heavy atom. The van der Waals surface area contributed by atoms with Crippen LogP contribution in [0, 0.1) is 5.92 Å². The molecule has 0 spiro atoms. The van der Waals surface area contributed by atoms with Crippen LogP contribution in [0.15, 0.2) is 33.5 Å². The van der Waals surface area contributed by atoms with E-state index in [4.69, 9.17) is 0 Å². The molecule has 0 fully saturated rings. The molecule has 3 nitrogen and oxygen atoms in total. The first-order valence-corrected chi connectivity index (χ1v) is 5.19. The molecule has 72 valence electrons. The molecule has 1 aliphatic carbocycles. The maximum absolute atomic E-state index is 4.60. The molecule has 0 saturated heterocycles. The molecule has 1 atom stereocenters. The van der Waals surface area contributed by atoms with Crippen LogP contribution in [0.2, 0.25) is 0 Å². The zero-order valence-corrected chi connectivity index (χ0v) is 8.03. The lowest BCUT2D eigenvalue weighted by molar-refractivity contribution is 0.584. The average Bonchev–Trinajstić information content (AvgIpc) is 2.55. The fourth-order valence-electron chi connectivity index (χ4n) is 2.40. The number of hydrogen-bond acceptors (Lipinski definition) is 3. The lowest BCUT2D eigenvalue weighted by Gasteiger charge is -2.22. The molecule has 2 aliphatic heterocycles. The first-order chi connectivity index (χ1) is 6.95. The number of allylic oxidation sites excluding steroid dienone is 4. The minimum absolute atomic E-state index is 0.707. The van der Waals surface area contributed by atoms with Crippen LogP contribution in [0.1, 0.15) is 19.3 Å². The van der Waals surface area contributed by atoms with E-state index >= 15 is 0 Å². The van der Waals surface area contributed by atoms with Crippen LogP contribution in [0.5, 0.6) is 0 Å². The van der Waals surface area contributed by atoms with E-state index in [9.17, 15) is 0 Å². The largest absolute Gasteiger partial charge is 0.289 e. The molecular weight excluding hydrogens is 174 g/mol. The number of nitrogens with zero attached hydrogens (tertiary/aromatic N) is 2. The fourth-order valence-corrected chi connectivity index (χ4v) is 2.40. The maximum atomic E-state index is 4.60. The SMILES string of the molecule is C1=CC2=C(CCC3CCN=C23)NN=C1. The van der Waals surface area contributed by atoms with Gasteiger partial charge in [-0.05, 0) is 31.4 Å². The molecule has 3 heteroatoms. The van der Waals surface area contributed by atoms with Gasteiger partial charge < -0.3 is 0 Å². The molecule has 3 rings (SSSR count). The van der Waals surface area contributed by atoms with Crippen LogP contribution in [-0.4, -0.2) is 18.5 Å². The quantitative estimate of drug-likeness (QED) is 0.615. The van der Waals surface area contributed by atoms with Gasteiger partial charge in [0.05, 0.1) is 0 Å². The van der Waals surface area contributed by atoms with Crippen LogP contribution in [0.25, 0.3) is 0 Å². The van der Waals surface area contributed by atoms with Gasteiger partial charge in [-0.2, -0.15) is 5.10 Å². The highest BCUT2D eigenvalue weighted by Gasteiger charge is 2.29. The summed E-state index contributed by atoms with van der Waals surface area (Å²) in [5, 5.41) is 4.09. The van der Waals surface area contributed by atoms with Crippen molar-refractivity contribution in [3.63, 3.8) is 0 Å². The fraction of sp³-hybridized carbons (Fsp3) is 0.455. The Balaban J connectivity index is 2.05. The second kappa shape index (κ2) is 3.08. The molecular formula is C11H13N3. The van der Waals surface area contributed by atoms with Crippen LogP contribution in [-0.2, 0) is 0 Å². The van der Waals surface area contributed by atoms with Gasteiger partial charge in [0.15, 0.2) is 0 Å². The summed E-state index contributed by atoms with van der Waals surface area (Å²) in [5.74, 6) is 0.707. The number of hydrazone groups is 1. The van der Waals surface area contributed by atoms with E-state index in [-0.39, 0.29) is 0 Å². The smallest absolute Gasteiger partial charge is 0.0472 e. The van der Waals surface area contributed by atoms with Crippen molar-refractivity contribution >= 4 is 11.9 Å². The van der Waals surface area contributed by atoms with Gasteiger partial charge in [-0.1, -0.05) is 0 Å². The van der Waals surface area contributed by atoms with Crippen LogP contribution >= 0.6 is 0 Å². The number of fused-ring (bicyclic) bond motifs is 2. The van der Waals surface area contributed by atoms with Gasteiger partial charge in [0, 0.05) is 35.7 Å². The molecule has 0 aromatic rings. The first-order valence-electron chi connectivity index (χ1n) is 5.19. The topological polar surface area (TPSA) is 36.8 Å². The van der Waals surface area contributed by atoms with E-state index in [2.05, 4.69) is 21.6 Å². The van der Waals surface area contributed by atoms with Crippen LogP contribution in [0.4, 0.5) is 0 Å². The summed E-state index contributed by atoms with van der Waals surface area (Å²) < 4.78 is 0. The summed E-state index contributed by atoms with van der Waals surface area (Å²) in [6.45, 7) is 1.01. The Labute approximate surface area is 83.3 Å². The van der Waals surface area contributed by atoms with E-state index < -0.39 is 0 Å². The van der Waals surface area contributed by atoms with E-state index in [1.807, 2.05) is 6.08 Å². The third-order valence-electron chi connectivity index (χ3n) is 3.11. The molecule has 0 amide bonds. The Kier molecular flexibility index (Phi) is 1.76. The number of aliphatic imine (C=N–C) groups is 1. The molecule has 0 aromatic carbocycles. The van der Waals surface area contributed by atoms with Crippen molar-refractivity contribution in [1.29, 1.82) is 0 Å². The van der Waals surface area contributed by atoms with Crippen molar-refractivity contribution in [3.05, 3.63) is 23.4 Å². The normalized spacial score (nSPS) is 29.1. The van der Waals surface area contributed by atoms with Crippen molar-refractivity contribution in [2.24, 2.45) is 16.0 Å². The minimum Gasteiger partial charge on any atom is -0.289 e. The highest BCUT2D eigenvalue weighted by molar-refractivity contribution is 6.07. The molecule has 3 aliphatic rings. The van der Waals surface area contributed by atoms with Gasteiger partial charge in [0.2, 0.25) is 0 Å². The number of nitrogens with one attached hydrogen (secondary N) is 1. The van der Waals surface area contributed by atoms with Gasteiger partial charge >= 0.3 is 0 Å². The number of rotatable bonds is 0. The third-order valence-corrected chi connectivity index (χ3v) is 3.11. The Bertz CT molecular complexity index is 374. The van der Waals surface area contributed by atoms with Gasteiger partial charge in [0.25, 0.3) is 0 Å². The van der Waals surface area contributed by atoms with Crippen molar-refractivity contribution < 1.29 is 0 Å². The average molecular weight is 187 g/mol. The van der Waals surface area contributed by atoms with Crippen LogP contribution in [0.3, 0.4) is 0 Å². The summed E-state index contributed by atoms with van der Waals surface area (Å²) >= 11 is 0. The molecule has 1 N–H and O–H groups in total. The predicted octanol–water partition coefficient (Wildman–Crippen LogP) is 1.64. The lowest BCUT2D eigenvalue weighted by Crippen LogP contribution is -2.23. The summed E-state index contributed by atoms with van der Waals surface area (Å²) in [5.41, 5.74) is 6.94. The summed E-state index contributed by atoms with van der Waals surface area (Å²) in [6, 6.07) is 0. The van der Waals surface area contributed by atoms with E-state index in [0.29, 0.717) is 5.92 Å². The van der Waals surface area contributed by atoms with Crippen molar-refractivity contribution in [3.8, 4) is 0 Å². The van der Waals surface area contributed by atoms with Crippen molar-refractivity contribution in [2.75, 3.05) is 6.54 Å². The van der Waals surface area contributed by atoms with Gasteiger partial charge in [-0.15, -0.1) is 0 Å². The monoisotopic (exact) mass is 187 g/mol. The van der Waals surface area contributed by atoms with Gasteiger partial charge in [-0.25, -0.2) is 0 Å². The van der Waals surface area contributed by atoms with E-state index in [1.165, 1.54) is 29.8 Å². The Morgan fingerprint density at radius 2 is 2.36 bits per heavy atom. The predicted molar refractivity (Wildman–Crippen MR) is 57.4 cm³/mol. The van der Waals surface area contributed by atoms with E-state index in [1.54, 1.807) is 6.21 Å². The molecule has 14 heavy (non-hydrogen) atoms. The minimum atomic E-state index is 0.707. The second-order valence-electron chi connectivity index (χ2n) is 3.93. The van der Waals surface area contributed by atoms with Gasteiger partial charge in [0.1, 0.15) is 0 Å². The van der Waals surface area contributed by atoms with E-state index in [0.717, 1.165) is 13.0 Å². The highest BCUT2D eigenvalue weighted by atomic mass is 15.3. The van der Waals surface area contributed by atoms with Crippen molar-refractivity contribution in [2.45, 2.75) is 19.3 Å². The summed E-state index contributed by atoms with van der Waals surface area (Å²) in [4.78, 5) is 4.60. The van der Waals surface area contributed by atoms with Crippen LogP contribution < -0.4 is 5.43 Å². The molecule has 0 radical (unpaired) electrons. The summed E-state index contributed by atoms with van der Waals surface area (Å²) in [6.07, 6.45) is 9.49. The zero-order valence-electron chi connectivity index (χ0n) is 8.03. The van der Waals surface area contributed by atoms with Gasteiger partial charge in [-0.3, -0.25) is 10.4 Å². The third kappa shape index (κ3) is 1.12. The molecule has 1 unspecified atom stereocenters. The zero-order chi connectivity index (χ0) is 9.38. The Morgan fingerprint density at radius 1 is 1.36 bits per heavy atom. The maximum Gasteiger partial charge on any atom is 0.0472 e. The summed E-state index contributed by atoms with van der Waals surface area (Å²) in [7, 11) is 0. The lowest BCUT2D eigenvalue weighted by atomic mass is 9.84. The number of hydrogen-bond donors (Lipinski definition) is 1.